The van der Waals surface area contributed by atoms with E-state index < -0.39 is 0 Å². The van der Waals surface area contributed by atoms with Gasteiger partial charge in [-0.2, -0.15) is 0 Å². The Bertz CT molecular complexity index is 417. The summed E-state index contributed by atoms with van der Waals surface area (Å²) in [6.07, 6.45) is 0.380. The van der Waals surface area contributed by atoms with Crippen molar-refractivity contribution in [2.45, 2.75) is 39.8 Å². The fourth-order valence-corrected chi connectivity index (χ4v) is 1.89. The number of benzene rings is 1. The number of ether oxygens (including phenoxy) is 1. The molecule has 0 saturated heterocycles. The number of rotatable bonds is 7. The molecule has 0 atom stereocenters. The molecule has 0 spiro atoms. The van der Waals surface area contributed by atoms with Gasteiger partial charge in [0.15, 0.2) is 0 Å². The van der Waals surface area contributed by atoms with E-state index in [0.29, 0.717) is 13.0 Å². The molecule has 2 N–H and O–H groups in total. The molecule has 0 aliphatic rings. The normalized spacial score (nSPS) is 10.6. The van der Waals surface area contributed by atoms with Crippen LogP contribution in [0.15, 0.2) is 18.2 Å². The Morgan fingerprint density at radius 2 is 2.11 bits per heavy atom. The number of nitrogens with one attached hydrogen (secondary N) is 2. The summed E-state index contributed by atoms with van der Waals surface area (Å²) in [6.45, 7) is 7.08. The van der Waals surface area contributed by atoms with E-state index in [-0.39, 0.29) is 11.9 Å². The number of aryl methyl sites for hydroxylation is 1. The van der Waals surface area contributed by atoms with Crippen LogP contribution in [-0.2, 0) is 11.3 Å². The highest BCUT2D eigenvalue weighted by atomic mass is 16.5. The van der Waals surface area contributed by atoms with Crippen molar-refractivity contribution in [2.24, 2.45) is 0 Å². The summed E-state index contributed by atoms with van der Waals surface area (Å²) in [5, 5.41) is 5.97. The number of hydrogen-bond acceptors (Lipinski definition) is 3. The molecule has 19 heavy (non-hydrogen) atoms. The van der Waals surface area contributed by atoms with Crippen molar-refractivity contribution in [1.29, 1.82) is 0 Å². The van der Waals surface area contributed by atoms with Gasteiger partial charge in [0.05, 0.1) is 13.0 Å². The lowest BCUT2D eigenvalue weighted by atomic mass is 10.1. The summed E-state index contributed by atoms with van der Waals surface area (Å²) >= 11 is 0. The van der Waals surface area contributed by atoms with Gasteiger partial charge in [-0.05, 0) is 33.4 Å². The second kappa shape index (κ2) is 7.79. The van der Waals surface area contributed by atoms with Gasteiger partial charge >= 0.3 is 0 Å². The molecule has 0 aromatic heterocycles. The molecule has 0 bridgehead atoms. The molecule has 106 valence electrons. The van der Waals surface area contributed by atoms with Crippen molar-refractivity contribution in [3.8, 4) is 5.75 Å². The Morgan fingerprint density at radius 1 is 1.37 bits per heavy atom. The molecule has 0 fully saturated rings. The minimum atomic E-state index is 0.0266. The summed E-state index contributed by atoms with van der Waals surface area (Å²) in [5.41, 5.74) is 2.21. The summed E-state index contributed by atoms with van der Waals surface area (Å²) in [6, 6.07) is 6.24. The van der Waals surface area contributed by atoms with Crippen molar-refractivity contribution in [3.63, 3.8) is 0 Å². The maximum absolute atomic E-state index is 11.5. The van der Waals surface area contributed by atoms with Gasteiger partial charge in [-0.25, -0.2) is 0 Å². The van der Waals surface area contributed by atoms with Crippen LogP contribution in [0.25, 0.3) is 0 Å². The summed E-state index contributed by atoms with van der Waals surface area (Å²) < 4.78 is 5.77. The van der Waals surface area contributed by atoms with E-state index in [9.17, 15) is 4.79 Å². The van der Waals surface area contributed by atoms with Crippen LogP contribution in [0.2, 0.25) is 0 Å². The summed E-state index contributed by atoms with van der Waals surface area (Å²) in [5.74, 6) is 0.910. The maximum atomic E-state index is 11.5. The third kappa shape index (κ3) is 5.30. The quantitative estimate of drug-likeness (QED) is 0.792. The van der Waals surface area contributed by atoms with Crippen molar-refractivity contribution in [1.82, 2.24) is 10.6 Å². The Balaban J connectivity index is 2.55. The molecule has 0 aliphatic heterocycles. The van der Waals surface area contributed by atoms with Gasteiger partial charge in [-0.15, -0.1) is 0 Å². The smallest absolute Gasteiger partial charge is 0.223 e. The van der Waals surface area contributed by atoms with E-state index >= 15 is 0 Å². The number of amides is 1. The molecule has 0 saturated carbocycles. The van der Waals surface area contributed by atoms with E-state index in [0.717, 1.165) is 23.4 Å². The van der Waals surface area contributed by atoms with Crippen LogP contribution in [-0.4, -0.2) is 25.6 Å². The second-order valence-electron chi connectivity index (χ2n) is 4.91. The second-order valence-corrected chi connectivity index (χ2v) is 4.91. The van der Waals surface area contributed by atoms with Crippen LogP contribution in [0, 0.1) is 6.92 Å². The van der Waals surface area contributed by atoms with E-state index in [1.54, 1.807) is 0 Å². The summed E-state index contributed by atoms with van der Waals surface area (Å²) in [4.78, 5) is 11.5. The van der Waals surface area contributed by atoms with Crippen molar-refractivity contribution in [2.75, 3.05) is 13.7 Å². The Kier molecular flexibility index (Phi) is 6.36. The zero-order valence-corrected chi connectivity index (χ0v) is 12.2. The monoisotopic (exact) mass is 264 g/mol. The van der Waals surface area contributed by atoms with Gasteiger partial charge in [0, 0.05) is 18.2 Å². The fourth-order valence-electron chi connectivity index (χ4n) is 1.89. The molecule has 0 aliphatic carbocycles. The molecule has 1 amide bonds. The van der Waals surface area contributed by atoms with Crippen LogP contribution in [0.4, 0.5) is 0 Å². The zero-order chi connectivity index (χ0) is 14.3. The molecule has 0 unspecified atom stereocenters. The molecule has 1 aromatic rings. The van der Waals surface area contributed by atoms with Crippen molar-refractivity contribution >= 4 is 5.91 Å². The van der Waals surface area contributed by atoms with E-state index in [1.807, 2.05) is 46.0 Å². The third-order valence-electron chi connectivity index (χ3n) is 2.69. The Hall–Kier alpha value is -1.55. The predicted octanol–water partition coefficient (Wildman–Crippen LogP) is 2.01. The third-order valence-corrected chi connectivity index (χ3v) is 2.69. The first-order valence-electron chi connectivity index (χ1n) is 6.69. The van der Waals surface area contributed by atoms with Gasteiger partial charge in [0.25, 0.3) is 0 Å². The SMILES string of the molecule is CNCc1cccc(C)c1OCCC(=O)NC(C)C. The Labute approximate surface area is 115 Å². The molecule has 1 rings (SSSR count). The van der Waals surface area contributed by atoms with Gasteiger partial charge in [-0.1, -0.05) is 18.2 Å². The first-order valence-corrected chi connectivity index (χ1v) is 6.69. The summed E-state index contributed by atoms with van der Waals surface area (Å²) in [7, 11) is 1.90. The fraction of sp³-hybridized carbons (Fsp3) is 0.533. The molecule has 0 heterocycles. The predicted molar refractivity (Wildman–Crippen MR) is 77.3 cm³/mol. The van der Waals surface area contributed by atoms with Crippen LogP contribution in [0.1, 0.15) is 31.4 Å². The topological polar surface area (TPSA) is 50.4 Å². The highest BCUT2D eigenvalue weighted by Gasteiger charge is 2.08. The van der Waals surface area contributed by atoms with Crippen molar-refractivity contribution in [3.05, 3.63) is 29.3 Å². The van der Waals surface area contributed by atoms with Crippen LogP contribution < -0.4 is 15.4 Å². The van der Waals surface area contributed by atoms with Crippen LogP contribution in [0.5, 0.6) is 5.75 Å². The number of carbonyl (C=O) groups excluding carboxylic acids is 1. The highest BCUT2D eigenvalue weighted by molar-refractivity contribution is 5.76. The highest BCUT2D eigenvalue weighted by Crippen LogP contribution is 2.23. The lowest BCUT2D eigenvalue weighted by Crippen LogP contribution is -2.31. The molecule has 4 heteroatoms. The Morgan fingerprint density at radius 3 is 2.74 bits per heavy atom. The first kappa shape index (κ1) is 15.5. The lowest BCUT2D eigenvalue weighted by molar-refractivity contribution is -0.122. The van der Waals surface area contributed by atoms with Crippen LogP contribution in [0.3, 0.4) is 0 Å². The molecular weight excluding hydrogens is 240 g/mol. The molecule has 0 radical (unpaired) electrons. The van der Waals surface area contributed by atoms with E-state index in [1.165, 1.54) is 0 Å². The van der Waals surface area contributed by atoms with E-state index in [2.05, 4.69) is 10.6 Å². The van der Waals surface area contributed by atoms with Gasteiger partial charge in [0.1, 0.15) is 5.75 Å². The zero-order valence-electron chi connectivity index (χ0n) is 12.2. The maximum Gasteiger partial charge on any atom is 0.223 e. The number of hydrogen-bond donors (Lipinski definition) is 2. The average Bonchev–Trinajstić information content (AvgIpc) is 2.32. The van der Waals surface area contributed by atoms with Gasteiger partial charge in [-0.3, -0.25) is 4.79 Å². The van der Waals surface area contributed by atoms with Crippen molar-refractivity contribution < 1.29 is 9.53 Å². The lowest BCUT2D eigenvalue weighted by Gasteiger charge is -2.14. The molecule has 4 nitrogen and oxygen atoms in total. The minimum Gasteiger partial charge on any atom is -0.492 e. The molecular formula is C15H24N2O2. The number of carbonyl (C=O) groups is 1. The standard InChI is InChI=1S/C15H24N2O2/c1-11(2)17-14(18)8-9-19-15-12(3)6-5-7-13(15)10-16-4/h5-7,11,16H,8-10H2,1-4H3,(H,17,18). The average molecular weight is 264 g/mol. The first-order chi connectivity index (χ1) is 9.04. The van der Waals surface area contributed by atoms with E-state index in [4.69, 9.17) is 4.74 Å². The van der Waals surface area contributed by atoms with Gasteiger partial charge < -0.3 is 15.4 Å². The minimum absolute atomic E-state index is 0.0266. The largest absolute Gasteiger partial charge is 0.492 e. The van der Waals surface area contributed by atoms with Crippen LogP contribution >= 0.6 is 0 Å². The molecule has 1 aromatic carbocycles. The number of para-hydroxylation sites is 1. The van der Waals surface area contributed by atoms with Gasteiger partial charge in [0.2, 0.25) is 5.91 Å².